The third-order valence-corrected chi connectivity index (χ3v) is 6.24. The van der Waals surface area contributed by atoms with Gasteiger partial charge in [-0.1, -0.05) is 17.3 Å². The van der Waals surface area contributed by atoms with E-state index in [1.165, 1.54) is 17.3 Å². The molecule has 4 aromatic rings. The number of aromatic nitrogens is 6. The fraction of sp³-hybridized carbons (Fsp3) is 0.348. The van der Waals surface area contributed by atoms with Crippen LogP contribution in [-0.2, 0) is 24.2 Å². The van der Waals surface area contributed by atoms with E-state index in [0.717, 1.165) is 49.7 Å². The minimum absolute atomic E-state index is 0.00759. The van der Waals surface area contributed by atoms with E-state index in [4.69, 9.17) is 9.15 Å². The van der Waals surface area contributed by atoms with E-state index in [2.05, 4.69) is 48.6 Å². The maximum atomic E-state index is 12.6. The molecule has 0 aliphatic carbocycles. The van der Waals surface area contributed by atoms with Gasteiger partial charge in [0.25, 0.3) is 5.89 Å². The fourth-order valence-corrected chi connectivity index (χ4v) is 4.24. The quantitative estimate of drug-likeness (QED) is 0.429. The molecule has 174 valence electrons. The van der Waals surface area contributed by atoms with Crippen molar-refractivity contribution in [1.82, 2.24) is 35.1 Å². The smallest absolute Gasteiger partial charge is 0.314 e. The summed E-state index contributed by atoms with van der Waals surface area (Å²) in [5.41, 5.74) is 5.76. The van der Waals surface area contributed by atoms with Crippen LogP contribution >= 0.6 is 0 Å². The largest absolute Gasteiger partial charge is 0.415 e. The second kappa shape index (κ2) is 8.65. The highest BCUT2D eigenvalue weighted by Gasteiger charge is 2.29. The molecule has 0 N–H and O–H groups in total. The minimum atomic E-state index is -2.80. The van der Waals surface area contributed by atoms with Gasteiger partial charge in [0.2, 0.25) is 5.89 Å². The van der Waals surface area contributed by atoms with Gasteiger partial charge in [-0.3, -0.25) is 9.88 Å². The summed E-state index contributed by atoms with van der Waals surface area (Å²) in [6, 6.07) is 10.5. The molecule has 34 heavy (non-hydrogen) atoms. The summed E-state index contributed by atoms with van der Waals surface area (Å²) in [7, 11) is 0. The van der Waals surface area contributed by atoms with Gasteiger partial charge < -0.3 is 9.15 Å². The molecule has 3 aromatic heterocycles. The molecule has 1 saturated heterocycles. The van der Waals surface area contributed by atoms with Crippen molar-refractivity contribution in [2.24, 2.45) is 0 Å². The molecule has 1 fully saturated rings. The fourth-order valence-electron chi connectivity index (χ4n) is 4.24. The van der Waals surface area contributed by atoms with Gasteiger partial charge in [-0.05, 0) is 35.7 Å². The van der Waals surface area contributed by atoms with Gasteiger partial charge in [0.1, 0.15) is 5.69 Å². The lowest BCUT2D eigenvalue weighted by atomic mass is 9.95. The molecule has 0 bridgehead atoms. The molecular formula is C23H21F2N7O2. The molecule has 0 radical (unpaired) electrons. The van der Waals surface area contributed by atoms with Crippen LogP contribution in [0.5, 0.6) is 0 Å². The Balaban J connectivity index is 1.15. The van der Waals surface area contributed by atoms with Crippen molar-refractivity contribution in [3.05, 3.63) is 65.4 Å². The predicted molar refractivity (Wildman–Crippen MR) is 116 cm³/mol. The Bertz CT molecular complexity index is 1300. The van der Waals surface area contributed by atoms with Crippen LogP contribution < -0.4 is 0 Å². The number of hydrogen-bond acceptors (Lipinski definition) is 8. The molecule has 0 unspecified atom stereocenters. The van der Waals surface area contributed by atoms with E-state index < -0.39 is 12.3 Å². The van der Waals surface area contributed by atoms with Crippen molar-refractivity contribution in [2.45, 2.75) is 32.0 Å². The third-order valence-electron chi connectivity index (χ3n) is 6.24. The zero-order valence-corrected chi connectivity index (χ0v) is 18.1. The lowest BCUT2D eigenvalue weighted by Gasteiger charge is -2.40. The van der Waals surface area contributed by atoms with Gasteiger partial charge >= 0.3 is 6.43 Å². The number of halogens is 2. The Kier molecular flexibility index (Phi) is 5.34. The zero-order chi connectivity index (χ0) is 23.1. The average molecular weight is 465 g/mol. The molecule has 9 nitrogen and oxygen atoms in total. The first-order chi connectivity index (χ1) is 16.6. The molecule has 6 rings (SSSR count). The standard InChI is InChI=1S/C23H21F2N7O2/c24-21(25)23-29-28-22(34-23)16-3-4-18(26-8-16)10-32-11-20(27-30-32)15-2-1-14-5-6-31(9-17(14)7-15)19-12-33-13-19/h1-4,7-8,11,19,21H,5-6,9-10,12-13H2. The van der Waals surface area contributed by atoms with E-state index in [-0.39, 0.29) is 5.89 Å². The van der Waals surface area contributed by atoms with Gasteiger partial charge in [0.05, 0.1) is 43.3 Å². The van der Waals surface area contributed by atoms with E-state index in [1.54, 1.807) is 16.8 Å². The maximum absolute atomic E-state index is 12.6. The van der Waals surface area contributed by atoms with Crippen LogP contribution in [0.1, 0.15) is 29.1 Å². The molecule has 5 heterocycles. The molecule has 2 aliphatic rings. The zero-order valence-electron chi connectivity index (χ0n) is 18.1. The first kappa shape index (κ1) is 21.0. The van der Waals surface area contributed by atoms with Crippen LogP contribution in [0.25, 0.3) is 22.7 Å². The second-order valence-electron chi connectivity index (χ2n) is 8.48. The molecule has 11 heteroatoms. The topological polar surface area (TPSA) is 95.0 Å². The van der Waals surface area contributed by atoms with Crippen LogP contribution in [0.4, 0.5) is 8.78 Å². The highest BCUT2D eigenvalue weighted by Crippen LogP contribution is 2.28. The average Bonchev–Trinajstić information content (AvgIpc) is 3.48. The summed E-state index contributed by atoms with van der Waals surface area (Å²) in [5, 5.41) is 15.6. The van der Waals surface area contributed by atoms with Crippen molar-refractivity contribution in [2.75, 3.05) is 19.8 Å². The lowest BCUT2D eigenvalue weighted by Crippen LogP contribution is -2.50. The van der Waals surface area contributed by atoms with E-state index in [1.807, 2.05) is 6.20 Å². The van der Waals surface area contributed by atoms with Crippen LogP contribution in [0.15, 0.2) is 47.1 Å². The Labute approximate surface area is 193 Å². The Hall–Kier alpha value is -3.57. The normalized spacial score (nSPS) is 16.6. The Morgan fingerprint density at radius 1 is 1.03 bits per heavy atom. The van der Waals surface area contributed by atoms with Crippen molar-refractivity contribution in [3.63, 3.8) is 0 Å². The molecular weight excluding hydrogens is 444 g/mol. The van der Waals surface area contributed by atoms with Gasteiger partial charge in [-0.2, -0.15) is 8.78 Å². The van der Waals surface area contributed by atoms with E-state index in [9.17, 15) is 8.78 Å². The van der Waals surface area contributed by atoms with Crippen molar-refractivity contribution in [3.8, 4) is 22.7 Å². The Morgan fingerprint density at radius 3 is 2.65 bits per heavy atom. The molecule has 0 amide bonds. The summed E-state index contributed by atoms with van der Waals surface area (Å²) in [6.07, 6.45) is 1.65. The monoisotopic (exact) mass is 465 g/mol. The first-order valence-electron chi connectivity index (χ1n) is 11.0. The first-order valence-corrected chi connectivity index (χ1v) is 11.0. The molecule has 0 atom stereocenters. The number of rotatable bonds is 6. The molecule has 1 aromatic carbocycles. The summed E-state index contributed by atoms with van der Waals surface area (Å²) in [5.74, 6) is -0.700. The van der Waals surface area contributed by atoms with Crippen molar-refractivity contribution in [1.29, 1.82) is 0 Å². The third kappa shape index (κ3) is 4.08. The minimum Gasteiger partial charge on any atom is -0.415 e. The molecule has 0 spiro atoms. The highest BCUT2D eigenvalue weighted by molar-refractivity contribution is 5.60. The molecule has 0 saturated carbocycles. The summed E-state index contributed by atoms with van der Waals surface area (Å²) < 4.78 is 37.3. The van der Waals surface area contributed by atoms with Gasteiger partial charge in [0.15, 0.2) is 0 Å². The SMILES string of the molecule is FC(F)c1nnc(-c2ccc(Cn3cc(-c4ccc5c(c4)CN(C4COC4)CC5)nn3)nc2)o1. The Morgan fingerprint density at radius 2 is 1.91 bits per heavy atom. The number of benzene rings is 1. The highest BCUT2D eigenvalue weighted by atomic mass is 19.3. The summed E-state index contributed by atoms with van der Waals surface area (Å²) in [6.45, 7) is 4.07. The predicted octanol–water partition coefficient (Wildman–Crippen LogP) is 3.13. The van der Waals surface area contributed by atoms with Crippen LogP contribution in [-0.4, -0.2) is 60.9 Å². The maximum Gasteiger partial charge on any atom is 0.314 e. The number of pyridine rings is 1. The van der Waals surface area contributed by atoms with Crippen LogP contribution in [0, 0.1) is 0 Å². The number of ether oxygens (including phenoxy) is 1. The summed E-state index contributed by atoms with van der Waals surface area (Å²) in [4.78, 5) is 6.85. The number of alkyl halides is 2. The van der Waals surface area contributed by atoms with Crippen molar-refractivity contribution >= 4 is 0 Å². The summed E-state index contributed by atoms with van der Waals surface area (Å²) >= 11 is 0. The van der Waals surface area contributed by atoms with E-state index >= 15 is 0 Å². The molecule has 2 aliphatic heterocycles. The number of nitrogens with zero attached hydrogens (tertiary/aromatic N) is 7. The number of hydrogen-bond donors (Lipinski definition) is 0. The van der Waals surface area contributed by atoms with Crippen molar-refractivity contribution < 1.29 is 17.9 Å². The van der Waals surface area contributed by atoms with Gasteiger partial charge in [-0.15, -0.1) is 15.3 Å². The van der Waals surface area contributed by atoms with Crippen LogP contribution in [0.2, 0.25) is 0 Å². The van der Waals surface area contributed by atoms with Crippen LogP contribution in [0.3, 0.4) is 0 Å². The van der Waals surface area contributed by atoms with Gasteiger partial charge in [0, 0.05) is 24.8 Å². The number of fused-ring (bicyclic) bond motifs is 1. The van der Waals surface area contributed by atoms with E-state index in [0.29, 0.717) is 18.2 Å². The lowest BCUT2D eigenvalue weighted by molar-refractivity contribution is -0.0694. The van der Waals surface area contributed by atoms with Gasteiger partial charge in [-0.25, -0.2) is 4.68 Å². The second-order valence-corrected chi connectivity index (χ2v) is 8.48.